The molecule has 0 aliphatic rings. The number of anilines is 2. The van der Waals surface area contributed by atoms with Crippen LogP contribution in [0.1, 0.15) is 55.5 Å². The van der Waals surface area contributed by atoms with Gasteiger partial charge in [0.25, 0.3) is 5.91 Å². The Bertz CT molecular complexity index is 867. The molecule has 0 saturated carbocycles. The van der Waals surface area contributed by atoms with Crippen LogP contribution >= 0.6 is 0 Å². The third-order valence-corrected chi connectivity index (χ3v) is 3.24. The van der Waals surface area contributed by atoms with E-state index in [1.54, 1.807) is 53.2 Å². The van der Waals surface area contributed by atoms with Crippen molar-refractivity contribution in [1.82, 2.24) is 9.38 Å². The van der Waals surface area contributed by atoms with E-state index in [2.05, 4.69) is 10.3 Å². The fourth-order valence-electron chi connectivity index (χ4n) is 2.07. The first kappa shape index (κ1) is 20.9. The molecule has 0 aliphatic heterocycles. The summed E-state index contributed by atoms with van der Waals surface area (Å²) in [6.45, 7) is 9.46. The lowest BCUT2D eigenvalue weighted by Gasteiger charge is -2.06. The summed E-state index contributed by atoms with van der Waals surface area (Å²) >= 11 is 0. The molecule has 0 bridgehead atoms. The highest BCUT2D eigenvalue weighted by Gasteiger charge is 2.09. The highest BCUT2D eigenvalue weighted by molar-refractivity contribution is 6.04. The van der Waals surface area contributed by atoms with Gasteiger partial charge in [0.15, 0.2) is 5.78 Å². The lowest BCUT2D eigenvalue weighted by atomic mass is 10.2. The van der Waals surface area contributed by atoms with Gasteiger partial charge >= 0.3 is 0 Å². The Morgan fingerprint density at radius 2 is 1.58 bits per heavy atom. The van der Waals surface area contributed by atoms with Crippen LogP contribution in [0.3, 0.4) is 0 Å². The largest absolute Gasteiger partial charge is 0.399 e. The molecule has 3 N–H and O–H groups in total. The molecule has 3 aromatic rings. The Morgan fingerprint density at radius 1 is 0.962 bits per heavy atom. The van der Waals surface area contributed by atoms with E-state index < -0.39 is 0 Å². The molecular formula is C20H26N4O2. The van der Waals surface area contributed by atoms with Gasteiger partial charge in [-0.05, 0) is 36.4 Å². The lowest BCUT2D eigenvalue weighted by molar-refractivity contribution is 0.100. The maximum atomic E-state index is 12.1. The number of benzene rings is 1. The number of hydrogen-bond acceptors (Lipinski definition) is 4. The summed E-state index contributed by atoms with van der Waals surface area (Å²) in [5, 5.41) is 2.80. The summed E-state index contributed by atoms with van der Waals surface area (Å²) in [6.07, 6.45) is 3.35. The van der Waals surface area contributed by atoms with Crippen LogP contribution in [0.2, 0.25) is 0 Å². The van der Waals surface area contributed by atoms with Crippen molar-refractivity contribution in [3.05, 3.63) is 60.0 Å². The van der Waals surface area contributed by atoms with Gasteiger partial charge in [0.05, 0.1) is 5.69 Å². The van der Waals surface area contributed by atoms with Crippen molar-refractivity contribution < 1.29 is 9.59 Å². The molecule has 6 heteroatoms. The van der Waals surface area contributed by atoms with Crippen LogP contribution in [-0.4, -0.2) is 21.1 Å². The summed E-state index contributed by atoms with van der Waals surface area (Å²) in [5.41, 5.74) is 8.37. The standard InChI is InChI=1S/C16H14N4O2.2C2H6/c1-10(21)14-9-20-8-13(6-7-15(20)19-14)18-16(22)11-2-4-12(17)5-3-11;2*1-2/h2-9H,17H2,1H3,(H,18,22);2*1-2H3. The van der Waals surface area contributed by atoms with Crippen LogP contribution in [0.5, 0.6) is 0 Å². The molecule has 2 aromatic heterocycles. The van der Waals surface area contributed by atoms with Gasteiger partial charge in [-0.15, -0.1) is 0 Å². The van der Waals surface area contributed by atoms with Gasteiger partial charge in [0.1, 0.15) is 11.3 Å². The quantitative estimate of drug-likeness (QED) is 0.538. The van der Waals surface area contributed by atoms with Crippen molar-refractivity contribution in [2.75, 3.05) is 11.1 Å². The molecule has 6 nitrogen and oxygen atoms in total. The predicted octanol–water partition coefficient (Wildman–Crippen LogP) is 4.42. The van der Waals surface area contributed by atoms with E-state index in [-0.39, 0.29) is 11.7 Å². The maximum absolute atomic E-state index is 12.1. The van der Waals surface area contributed by atoms with Crippen molar-refractivity contribution in [1.29, 1.82) is 0 Å². The van der Waals surface area contributed by atoms with Gasteiger partial charge < -0.3 is 15.5 Å². The maximum Gasteiger partial charge on any atom is 0.255 e. The Balaban J connectivity index is 0.000000791. The lowest BCUT2D eigenvalue weighted by Crippen LogP contribution is -2.12. The molecule has 26 heavy (non-hydrogen) atoms. The van der Waals surface area contributed by atoms with E-state index in [0.29, 0.717) is 28.3 Å². The van der Waals surface area contributed by atoms with E-state index in [1.165, 1.54) is 6.92 Å². The fourth-order valence-corrected chi connectivity index (χ4v) is 2.07. The molecule has 138 valence electrons. The van der Waals surface area contributed by atoms with Gasteiger partial charge in [-0.2, -0.15) is 0 Å². The Kier molecular flexibility index (Phi) is 8.02. The summed E-state index contributed by atoms with van der Waals surface area (Å²) in [6, 6.07) is 10.1. The number of Topliss-reactive ketones (excluding diaryl/α,β-unsaturated/α-hetero) is 1. The van der Waals surface area contributed by atoms with E-state index in [1.807, 2.05) is 27.7 Å². The molecule has 1 amide bonds. The van der Waals surface area contributed by atoms with Crippen molar-refractivity contribution in [2.45, 2.75) is 34.6 Å². The first-order chi connectivity index (χ1) is 12.5. The zero-order valence-corrected chi connectivity index (χ0v) is 15.9. The Morgan fingerprint density at radius 3 is 2.15 bits per heavy atom. The van der Waals surface area contributed by atoms with Crippen LogP contribution in [0.25, 0.3) is 5.65 Å². The van der Waals surface area contributed by atoms with Crippen LogP contribution in [0.4, 0.5) is 11.4 Å². The van der Waals surface area contributed by atoms with Gasteiger partial charge in [0.2, 0.25) is 0 Å². The summed E-state index contributed by atoms with van der Waals surface area (Å²) < 4.78 is 1.70. The molecule has 0 spiro atoms. The van der Waals surface area contributed by atoms with Gasteiger partial charge in [0, 0.05) is 30.6 Å². The third-order valence-electron chi connectivity index (χ3n) is 3.24. The van der Waals surface area contributed by atoms with E-state index in [9.17, 15) is 9.59 Å². The number of carbonyl (C=O) groups excluding carboxylic acids is 2. The van der Waals surface area contributed by atoms with Gasteiger partial charge in [-0.25, -0.2) is 4.98 Å². The SMILES string of the molecule is CC.CC.CC(=O)c1cn2cc(NC(=O)c3ccc(N)cc3)ccc2n1. The second-order valence-electron chi connectivity index (χ2n) is 4.94. The van der Waals surface area contributed by atoms with Crippen LogP contribution in [0.15, 0.2) is 48.8 Å². The number of rotatable bonds is 3. The van der Waals surface area contributed by atoms with E-state index in [4.69, 9.17) is 5.73 Å². The number of fused-ring (bicyclic) bond motifs is 1. The summed E-state index contributed by atoms with van der Waals surface area (Å²) in [7, 11) is 0. The summed E-state index contributed by atoms with van der Waals surface area (Å²) in [4.78, 5) is 27.7. The third kappa shape index (κ3) is 5.17. The minimum absolute atomic E-state index is 0.101. The molecule has 3 rings (SSSR count). The van der Waals surface area contributed by atoms with Crippen LogP contribution in [0, 0.1) is 0 Å². The van der Waals surface area contributed by atoms with Crippen LogP contribution in [-0.2, 0) is 0 Å². The topological polar surface area (TPSA) is 89.5 Å². The highest BCUT2D eigenvalue weighted by atomic mass is 16.1. The predicted molar refractivity (Wildman–Crippen MR) is 107 cm³/mol. The summed E-state index contributed by atoms with van der Waals surface area (Å²) in [5.74, 6) is -0.331. The molecule has 0 radical (unpaired) electrons. The van der Waals surface area contributed by atoms with Crippen LogP contribution < -0.4 is 11.1 Å². The van der Waals surface area contributed by atoms with E-state index in [0.717, 1.165) is 0 Å². The number of pyridine rings is 1. The fraction of sp³-hybridized carbons (Fsp3) is 0.250. The molecular weight excluding hydrogens is 328 g/mol. The van der Waals surface area contributed by atoms with Crippen molar-refractivity contribution in [3.63, 3.8) is 0 Å². The van der Waals surface area contributed by atoms with Crippen molar-refractivity contribution >= 4 is 28.7 Å². The second kappa shape index (κ2) is 9.98. The number of nitrogens with one attached hydrogen (secondary N) is 1. The average Bonchev–Trinajstić information content (AvgIpc) is 3.09. The zero-order valence-electron chi connectivity index (χ0n) is 15.9. The normalized spacial score (nSPS) is 9.42. The first-order valence-electron chi connectivity index (χ1n) is 8.69. The zero-order chi connectivity index (χ0) is 19.7. The number of nitrogen functional groups attached to an aromatic ring is 1. The number of hydrogen-bond donors (Lipinski definition) is 2. The molecule has 0 fully saturated rings. The monoisotopic (exact) mass is 354 g/mol. The minimum Gasteiger partial charge on any atom is -0.399 e. The number of imidazole rings is 1. The number of nitrogens with two attached hydrogens (primary N) is 1. The van der Waals surface area contributed by atoms with Gasteiger partial charge in [-0.3, -0.25) is 9.59 Å². The van der Waals surface area contributed by atoms with Crippen molar-refractivity contribution in [3.8, 4) is 0 Å². The number of ketones is 1. The molecule has 2 heterocycles. The minimum atomic E-state index is -0.230. The highest BCUT2D eigenvalue weighted by Crippen LogP contribution is 2.14. The molecule has 1 aromatic carbocycles. The van der Waals surface area contributed by atoms with Crippen molar-refractivity contribution in [2.24, 2.45) is 0 Å². The number of amides is 1. The molecule has 0 atom stereocenters. The number of nitrogens with zero attached hydrogens (tertiary/aromatic N) is 2. The molecule has 0 aliphatic carbocycles. The number of aromatic nitrogens is 2. The Hall–Kier alpha value is -3.15. The smallest absolute Gasteiger partial charge is 0.255 e. The second-order valence-corrected chi connectivity index (χ2v) is 4.94. The van der Waals surface area contributed by atoms with Gasteiger partial charge in [-0.1, -0.05) is 27.7 Å². The molecule has 0 saturated heterocycles. The number of carbonyl (C=O) groups is 2. The average molecular weight is 354 g/mol. The van der Waals surface area contributed by atoms with E-state index >= 15 is 0 Å². The first-order valence-corrected chi connectivity index (χ1v) is 8.69. The Labute approximate surface area is 154 Å². The molecule has 0 unspecified atom stereocenters.